The molecule has 2 aromatic rings. The number of halogens is 2. The number of hydrogen-bond donors (Lipinski definition) is 0. The van der Waals surface area contributed by atoms with Crippen LogP contribution in [0, 0.1) is 0 Å². The van der Waals surface area contributed by atoms with Gasteiger partial charge < -0.3 is 0 Å². The lowest BCUT2D eigenvalue weighted by Crippen LogP contribution is -2.24. The monoisotopic (exact) mass is 305 g/mol. The zero-order valence-corrected chi connectivity index (χ0v) is 12.4. The van der Waals surface area contributed by atoms with Gasteiger partial charge in [0.2, 0.25) is 5.91 Å². The molecule has 0 fully saturated rings. The quantitative estimate of drug-likeness (QED) is 0.750. The summed E-state index contributed by atoms with van der Waals surface area (Å²) in [6.45, 7) is 2.01. The molecule has 1 aliphatic rings. The molecule has 1 atom stereocenters. The van der Waals surface area contributed by atoms with Crippen molar-refractivity contribution < 1.29 is 4.79 Å². The molecule has 0 aliphatic carbocycles. The van der Waals surface area contributed by atoms with E-state index in [1.165, 1.54) is 0 Å². The smallest absolute Gasteiger partial charge is 0.239 e. The molecule has 0 spiro atoms. The van der Waals surface area contributed by atoms with E-state index in [1.807, 2.05) is 31.2 Å². The number of fused-ring (bicyclic) bond motifs is 1. The maximum atomic E-state index is 12.7. The highest BCUT2D eigenvalue weighted by Gasteiger charge is 2.38. The number of anilines is 2. The topological polar surface area (TPSA) is 20.3 Å². The van der Waals surface area contributed by atoms with Crippen LogP contribution in [0.2, 0.25) is 10.0 Å². The molecule has 0 aromatic heterocycles. The number of para-hydroxylation sites is 2. The summed E-state index contributed by atoms with van der Waals surface area (Å²) in [5.41, 5.74) is 2.49. The van der Waals surface area contributed by atoms with E-state index in [2.05, 4.69) is 0 Å². The Kier molecular flexibility index (Phi) is 3.45. The van der Waals surface area contributed by atoms with Gasteiger partial charge in [-0.05, 0) is 30.2 Å². The third-order valence-electron chi connectivity index (χ3n) is 3.64. The molecule has 20 heavy (non-hydrogen) atoms. The largest absolute Gasteiger partial charge is 0.277 e. The third kappa shape index (κ3) is 1.91. The summed E-state index contributed by atoms with van der Waals surface area (Å²) in [5.74, 6) is -0.0951. The van der Waals surface area contributed by atoms with Gasteiger partial charge in [-0.2, -0.15) is 0 Å². The van der Waals surface area contributed by atoms with Gasteiger partial charge in [0.15, 0.2) is 0 Å². The molecule has 1 unspecified atom stereocenters. The fraction of sp³-hybridized carbons (Fsp3) is 0.188. The van der Waals surface area contributed by atoms with Crippen LogP contribution in [0.5, 0.6) is 0 Å². The van der Waals surface area contributed by atoms with Crippen molar-refractivity contribution in [3.05, 3.63) is 58.1 Å². The van der Waals surface area contributed by atoms with Crippen LogP contribution >= 0.6 is 23.2 Å². The predicted octanol–water partition coefficient (Wildman–Crippen LogP) is 5.17. The molecule has 0 saturated heterocycles. The Morgan fingerprint density at radius 1 is 1.05 bits per heavy atom. The summed E-state index contributed by atoms with van der Waals surface area (Å²) in [7, 11) is 0. The molecule has 3 rings (SSSR count). The second kappa shape index (κ2) is 5.12. The van der Waals surface area contributed by atoms with E-state index in [-0.39, 0.29) is 11.8 Å². The Morgan fingerprint density at radius 3 is 2.35 bits per heavy atom. The van der Waals surface area contributed by atoms with E-state index in [0.29, 0.717) is 15.7 Å². The number of benzene rings is 2. The summed E-state index contributed by atoms with van der Waals surface area (Å²) in [5, 5.41) is 0.967. The van der Waals surface area contributed by atoms with E-state index in [9.17, 15) is 4.79 Å². The normalized spacial score (nSPS) is 17.4. The van der Waals surface area contributed by atoms with Gasteiger partial charge in [-0.25, -0.2) is 0 Å². The molecular formula is C16H13Cl2NO. The van der Waals surface area contributed by atoms with Crippen molar-refractivity contribution in [2.45, 2.75) is 19.3 Å². The molecular weight excluding hydrogens is 293 g/mol. The Hall–Kier alpha value is -1.51. The van der Waals surface area contributed by atoms with Crippen LogP contribution in [0.15, 0.2) is 42.5 Å². The molecule has 1 heterocycles. The van der Waals surface area contributed by atoms with Crippen molar-refractivity contribution in [1.29, 1.82) is 0 Å². The highest BCUT2D eigenvalue weighted by molar-refractivity contribution is 6.40. The van der Waals surface area contributed by atoms with Crippen molar-refractivity contribution in [2.75, 3.05) is 4.90 Å². The first-order valence-corrected chi connectivity index (χ1v) is 7.27. The van der Waals surface area contributed by atoms with Gasteiger partial charge in [0, 0.05) is 0 Å². The molecule has 0 N–H and O–H groups in total. The first-order valence-electron chi connectivity index (χ1n) is 6.52. The molecule has 0 saturated carbocycles. The Morgan fingerprint density at radius 2 is 1.70 bits per heavy atom. The summed E-state index contributed by atoms with van der Waals surface area (Å²) >= 11 is 12.5. The van der Waals surface area contributed by atoms with Crippen molar-refractivity contribution in [2.24, 2.45) is 0 Å². The van der Waals surface area contributed by atoms with Crippen LogP contribution < -0.4 is 4.90 Å². The van der Waals surface area contributed by atoms with Crippen LogP contribution in [-0.4, -0.2) is 5.91 Å². The van der Waals surface area contributed by atoms with Crippen LogP contribution in [-0.2, 0) is 4.79 Å². The van der Waals surface area contributed by atoms with E-state index < -0.39 is 0 Å². The number of amides is 1. The zero-order valence-electron chi connectivity index (χ0n) is 10.9. The highest BCUT2D eigenvalue weighted by atomic mass is 35.5. The zero-order chi connectivity index (χ0) is 14.3. The van der Waals surface area contributed by atoms with Crippen LogP contribution in [0.25, 0.3) is 0 Å². The second-order valence-corrected chi connectivity index (χ2v) is 5.58. The molecule has 4 heteroatoms. The number of hydrogen-bond acceptors (Lipinski definition) is 1. The molecule has 1 amide bonds. The van der Waals surface area contributed by atoms with Gasteiger partial charge >= 0.3 is 0 Å². The minimum atomic E-state index is -0.126. The van der Waals surface area contributed by atoms with Gasteiger partial charge in [-0.15, -0.1) is 0 Å². The van der Waals surface area contributed by atoms with Gasteiger partial charge in [-0.3, -0.25) is 9.69 Å². The maximum Gasteiger partial charge on any atom is 0.239 e. The average Bonchev–Trinajstić information content (AvgIpc) is 2.71. The van der Waals surface area contributed by atoms with E-state index in [0.717, 1.165) is 17.7 Å². The molecule has 2 aromatic carbocycles. The van der Waals surface area contributed by atoms with E-state index in [1.54, 1.807) is 23.1 Å². The van der Waals surface area contributed by atoms with E-state index in [4.69, 9.17) is 23.2 Å². The van der Waals surface area contributed by atoms with Gasteiger partial charge in [0.1, 0.15) is 0 Å². The fourth-order valence-electron chi connectivity index (χ4n) is 2.72. The first kappa shape index (κ1) is 13.5. The molecule has 2 nitrogen and oxygen atoms in total. The summed E-state index contributed by atoms with van der Waals surface area (Å²) in [6.07, 6.45) is 0.758. The second-order valence-electron chi connectivity index (χ2n) is 4.76. The molecule has 0 radical (unpaired) electrons. The Bertz CT molecular complexity index is 664. The number of carbonyl (C=O) groups is 1. The molecule has 0 bridgehead atoms. The van der Waals surface area contributed by atoms with E-state index >= 15 is 0 Å². The van der Waals surface area contributed by atoms with Gasteiger partial charge in [-0.1, -0.05) is 54.4 Å². The van der Waals surface area contributed by atoms with Crippen molar-refractivity contribution in [1.82, 2.24) is 0 Å². The van der Waals surface area contributed by atoms with Gasteiger partial charge in [0.05, 0.1) is 27.3 Å². The van der Waals surface area contributed by atoms with Crippen LogP contribution in [0.4, 0.5) is 11.4 Å². The van der Waals surface area contributed by atoms with Crippen molar-refractivity contribution >= 4 is 40.5 Å². The summed E-state index contributed by atoms with van der Waals surface area (Å²) in [4.78, 5) is 14.4. The summed E-state index contributed by atoms with van der Waals surface area (Å²) in [6, 6.07) is 13.1. The van der Waals surface area contributed by atoms with Crippen molar-refractivity contribution in [3.8, 4) is 0 Å². The SMILES string of the molecule is CCC1C(=O)N(c2c(Cl)cccc2Cl)c2ccccc21. The number of carbonyl (C=O) groups excluding carboxylic acids is 1. The Labute approximate surface area is 127 Å². The third-order valence-corrected chi connectivity index (χ3v) is 4.25. The van der Waals surface area contributed by atoms with Crippen LogP contribution in [0.3, 0.4) is 0 Å². The summed E-state index contributed by atoms with van der Waals surface area (Å²) < 4.78 is 0. The lowest BCUT2D eigenvalue weighted by atomic mass is 9.98. The highest BCUT2D eigenvalue weighted by Crippen LogP contribution is 2.47. The first-order chi connectivity index (χ1) is 9.65. The predicted molar refractivity (Wildman–Crippen MR) is 83.1 cm³/mol. The standard InChI is InChI=1S/C16H13Cl2NO/c1-2-10-11-6-3-4-9-14(11)19(16(10)20)15-12(17)7-5-8-13(15)18/h3-10H,2H2,1H3. The number of nitrogens with zero attached hydrogens (tertiary/aromatic N) is 1. The number of rotatable bonds is 2. The minimum Gasteiger partial charge on any atom is -0.277 e. The van der Waals surface area contributed by atoms with Crippen LogP contribution in [0.1, 0.15) is 24.8 Å². The maximum absolute atomic E-state index is 12.7. The van der Waals surface area contributed by atoms with Gasteiger partial charge in [0.25, 0.3) is 0 Å². The fourth-order valence-corrected chi connectivity index (χ4v) is 3.29. The lowest BCUT2D eigenvalue weighted by Gasteiger charge is -2.20. The van der Waals surface area contributed by atoms with Crippen molar-refractivity contribution in [3.63, 3.8) is 0 Å². The average molecular weight is 306 g/mol. The molecule has 1 aliphatic heterocycles. The lowest BCUT2D eigenvalue weighted by molar-refractivity contribution is -0.118. The Balaban J connectivity index is 2.22. The minimum absolute atomic E-state index is 0.0312. The molecule has 102 valence electrons.